The molecule has 0 bridgehead atoms. The van der Waals surface area contributed by atoms with Gasteiger partial charge in [0, 0.05) is 10.9 Å². The molecular formula is C25H23N3O4S2. The summed E-state index contributed by atoms with van der Waals surface area (Å²) >= 11 is 2.52. The minimum Gasteiger partial charge on any atom is -0.452 e. The van der Waals surface area contributed by atoms with Crippen LogP contribution < -0.4 is 10.6 Å². The number of thiophene rings is 2. The van der Waals surface area contributed by atoms with Gasteiger partial charge in [0.25, 0.3) is 11.8 Å². The van der Waals surface area contributed by atoms with E-state index in [0.717, 1.165) is 24.8 Å². The number of carbonyl (C=O) groups is 3. The van der Waals surface area contributed by atoms with Crippen LogP contribution in [0.1, 0.15) is 52.1 Å². The normalized spacial score (nSPS) is 14.6. The molecule has 9 heteroatoms. The highest BCUT2D eigenvalue weighted by molar-refractivity contribution is 7.15. The fraction of sp³-hybridized carbons (Fsp3) is 0.280. The third-order valence-corrected chi connectivity index (χ3v) is 7.45. The van der Waals surface area contributed by atoms with Crippen LogP contribution >= 0.6 is 22.7 Å². The van der Waals surface area contributed by atoms with Crippen LogP contribution in [-0.2, 0) is 9.53 Å². The number of nitriles is 1. The van der Waals surface area contributed by atoms with Gasteiger partial charge in [-0.05, 0) is 29.9 Å². The molecule has 34 heavy (non-hydrogen) atoms. The van der Waals surface area contributed by atoms with Crippen LogP contribution in [0.2, 0.25) is 0 Å². The lowest BCUT2D eigenvalue weighted by atomic mass is 9.83. The zero-order valence-electron chi connectivity index (χ0n) is 18.3. The number of nitrogens with zero attached hydrogens (tertiary/aromatic N) is 1. The predicted molar refractivity (Wildman–Crippen MR) is 132 cm³/mol. The SMILES string of the molecule is N#CC1(NC(=O)COC(=O)c2c(-c3ccccc3)csc2NC(=O)c2cccs2)CCCCC1. The summed E-state index contributed by atoms with van der Waals surface area (Å²) < 4.78 is 5.35. The lowest BCUT2D eigenvalue weighted by Gasteiger charge is -2.31. The van der Waals surface area contributed by atoms with Crippen molar-refractivity contribution in [1.82, 2.24) is 5.32 Å². The quantitative estimate of drug-likeness (QED) is 0.438. The standard InChI is InChI=1S/C25H23N3O4S2/c26-16-25(11-5-2-6-12-25)28-20(29)14-32-24(31)21-18(17-8-3-1-4-9-17)15-34-23(21)27-22(30)19-10-7-13-33-19/h1,3-4,7-10,13,15H,2,5-6,11-12,14H2,(H,27,30)(H,28,29). The van der Waals surface area contributed by atoms with E-state index >= 15 is 0 Å². The molecule has 3 aromatic rings. The Morgan fingerprint density at radius 3 is 2.47 bits per heavy atom. The number of benzene rings is 1. The van der Waals surface area contributed by atoms with E-state index in [2.05, 4.69) is 16.7 Å². The van der Waals surface area contributed by atoms with Gasteiger partial charge in [0.15, 0.2) is 6.61 Å². The summed E-state index contributed by atoms with van der Waals surface area (Å²) in [6, 6.07) is 15.0. The molecular weight excluding hydrogens is 470 g/mol. The van der Waals surface area contributed by atoms with Gasteiger partial charge >= 0.3 is 5.97 Å². The summed E-state index contributed by atoms with van der Waals surface area (Å²) in [6.07, 6.45) is 3.96. The number of ether oxygens (including phenoxy) is 1. The first-order chi connectivity index (χ1) is 16.5. The molecule has 0 spiro atoms. The first kappa shape index (κ1) is 23.7. The lowest BCUT2D eigenvalue weighted by molar-refractivity contribution is -0.125. The smallest absolute Gasteiger partial charge is 0.342 e. The van der Waals surface area contributed by atoms with Gasteiger partial charge in [-0.1, -0.05) is 55.7 Å². The van der Waals surface area contributed by atoms with E-state index < -0.39 is 24.0 Å². The van der Waals surface area contributed by atoms with E-state index in [-0.39, 0.29) is 11.5 Å². The van der Waals surface area contributed by atoms with Crippen molar-refractivity contribution in [1.29, 1.82) is 5.26 Å². The van der Waals surface area contributed by atoms with E-state index in [0.29, 0.717) is 28.3 Å². The van der Waals surface area contributed by atoms with E-state index in [1.807, 2.05) is 30.3 Å². The zero-order valence-corrected chi connectivity index (χ0v) is 20.0. The van der Waals surface area contributed by atoms with E-state index in [9.17, 15) is 19.6 Å². The van der Waals surface area contributed by atoms with Gasteiger partial charge < -0.3 is 15.4 Å². The van der Waals surface area contributed by atoms with Crippen LogP contribution in [0.15, 0.2) is 53.2 Å². The van der Waals surface area contributed by atoms with Crippen molar-refractivity contribution in [3.05, 3.63) is 63.7 Å². The molecule has 1 aliphatic rings. The summed E-state index contributed by atoms with van der Waals surface area (Å²) in [4.78, 5) is 38.8. The molecule has 0 unspecified atom stereocenters. The summed E-state index contributed by atoms with van der Waals surface area (Å²) in [5, 5.41) is 19.0. The molecule has 174 valence electrons. The molecule has 2 N–H and O–H groups in total. The first-order valence-corrected chi connectivity index (χ1v) is 12.7. The molecule has 4 rings (SSSR count). The molecule has 2 heterocycles. The average molecular weight is 494 g/mol. The molecule has 1 aromatic carbocycles. The topological polar surface area (TPSA) is 108 Å². The summed E-state index contributed by atoms with van der Waals surface area (Å²) in [5.74, 6) is -1.56. The molecule has 7 nitrogen and oxygen atoms in total. The van der Waals surface area contributed by atoms with Crippen molar-refractivity contribution in [2.45, 2.75) is 37.6 Å². The Morgan fingerprint density at radius 2 is 1.79 bits per heavy atom. The van der Waals surface area contributed by atoms with Crippen molar-refractivity contribution in [3.8, 4) is 17.2 Å². The molecule has 2 amide bonds. The second-order valence-corrected chi connectivity index (χ2v) is 9.86. The number of esters is 1. The summed E-state index contributed by atoms with van der Waals surface area (Å²) in [7, 11) is 0. The fourth-order valence-corrected chi connectivity index (χ4v) is 5.55. The van der Waals surface area contributed by atoms with Crippen molar-refractivity contribution in [3.63, 3.8) is 0 Å². The molecule has 0 atom stereocenters. The monoisotopic (exact) mass is 493 g/mol. The lowest BCUT2D eigenvalue weighted by Crippen LogP contribution is -2.50. The Balaban J connectivity index is 1.52. The third-order valence-electron chi connectivity index (χ3n) is 5.69. The number of hydrogen-bond donors (Lipinski definition) is 2. The van der Waals surface area contributed by atoms with Gasteiger partial charge in [-0.15, -0.1) is 22.7 Å². The Labute approximate surface area is 205 Å². The molecule has 1 fully saturated rings. The zero-order chi connectivity index (χ0) is 24.0. The fourth-order valence-electron chi connectivity index (χ4n) is 3.98. The molecule has 1 aliphatic carbocycles. The van der Waals surface area contributed by atoms with Crippen LogP contribution in [-0.4, -0.2) is 29.9 Å². The van der Waals surface area contributed by atoms with Gasteiger partial charge in [-0.2, -0.15) is 5.26 Å². The number of hydrogen-bond acceptors (Lipinski definition) is 7. The Hall–Kier alpha value is -3.48. The number of rotatable bonds is 7. The Morgan fingerprint density at radius 1 is 1.03 bits per heavy atom. The van der Waals surface area contributed by atoms with Gasteiger partial charge in [-0.25, -0.2) is 4.79 Å². The van der Waals surface area contributed by atoms with Gasteiger partial charge in [0.1, 0.15) is 16.1 Å². The van der Waals surface area contributed by atoms with Crippen molar-refractivity contribution < 1.29 is 19.1 Å². The maximum atomic E-state index is 13.1. The van der Waals surface area contributed by atoms with Crippen molar-refractivity contribution in [2.24, 2.45) is 0 Å². The van der Waals surface area contributed by atoms with Crippen LogP contribution in [0.3, 0.4) is 0 Å². The molecule has 0 aliphatic heterocycles. The maximum absolute atomic E-state index is 13.1. The minimum atomic E-state index is -0.904. The van der Waals surface area contributed by atoms with Crippen LogP contribution in [0, 0.1) is 11.3 Å². The highest BCUT2D eigenvalue weighted by Crippen LogP contribution is 2.36. The Bertz CT molecular complexity index is 1210. The van der Waals surface area contributed by atoms with E-state index in [1.54, 1.807) is 22.9 Å². The third kappa shape index (κ3) is 5.35. The number of anilines is 1. The van der Waals surface area contributed by atoms with Gasteiger partial charge in [0.2, 0.25) is 0 Å². The number of amides is 2. The van der Waals surface area contributed by atoms with Gasteiger partial charge in [0.05, 0.1) is 10.9 Å². The first-order valence-electron chi connectivity index (χ1n) is 10.9. The van der Waals surface area contributed by atoms with E-state index in [1.165, 1.54) is 22.7 Å². The van der Waals surface area contributed by atoms with Crippen molar-refractivity contribution in [2.75, 3.05) is 11.9 Å². The second kappa shape index (κ2) is 10.6. The molecule has 0 radical (unpaired) electrons. The van der Waals surface area contributed by atoms with Crippen LogP contribution in [0.25, 0.3) is 11.1 Å². The maximum Gasteiger partial charge on any atom is 0.342 e. The van der Waals surface area contributed by atoms with Crippen LogP contribution in [0.5, 0.6) is 0 Å². The molecule has 1 saturated carbocycles. The van der Waals surface area contributed by atoms with Crippen LogP contribution in [0.4, 0.5) is 5.00 Å². The average Bonchev–Trinajstić information content (AvgIpc) is 3.54. The highest BCUT2D eigenvalue weighted by atomic mass is 32.1. The number of carbonyl (C=O) groups excluding carboxylic acids is 3. The highest BCUT2D eigenvalue weighted by Gasteiger charge is 2.34. The minimum absolute atomic E-state index is 0.196. The summed E-state index contributed by atoms with van der Waals surface area (Å²) in [6.45, 7) is -0.509. The molecule has 2 aromatic heterocycles. The van der Waals surface area contributed by atoms with Gasteiger partial charge in [-0.3, -0.25) is 9.59 Å². The largest absolute Gasteiger partial charge is 0.452 e. The summed E-state index contributed by atoms with van der Waals surface area (Å²) in [5.41, 5.74) is 0.691. The number of nitrogens with one attached hydrogen (secondary N) is 2. The molecule has 0 saturated heterocycles. The Kier molecular flexibility index (Phi) is 7.40. The van der Waals surface area contributed by atoms with Crippen molar-refractivity contribution >= 4 is 45.5 Å². The predicted octanol–water partition coefficient (Wildman–Crippen LogP) is 5.23. The second-order valence-electron chi connectivity index (χ2n) is 8.03. The van der Waals surface area contributed by atoms with E-state index in [4.69, 9.17) is 4.74 Å².